The Labute approximate surface area is 116 Å². The van der Waals surface area contributed by atoms with Crippen molar-refractivity contribution in [2.75, 3.05) is 0 Å². The maximum absolute atomic E-state index is 11.6. The number of rotatable bonds is 4. The zero-order chi connectivity index (χ0) is 14.5. The van der Waals surface area contributed by atoms with E-state index in [0.717, 1.165) is 16.5 Å². The van der Waals surface area contributed by atoms with Gasteiger partial charge in [-0.25, -0.2) is 0 Å². The summed E-state index contributed by atoms with van der Waals surface area (Å²) in [6.45, 7) is 1.54. The molecule has 0 radical (unpaired) electrons. The van der Waals surface area contributed by atoms with Crippen molar-refractivity contribution < 1.29 is 9.59 Å². The van der Waals surface area contributed by atoms with Crippen molar-refractivity contribution >= 4 is 28.8 Å². The number of nitrogens with two attached hydrogens (primary N) is 1. The molecule has 1 aromatic carbocycles. The zero-order valence-electron chi connectivity index (χ0n) is 11.0. The van der Waals surface area contributed by atoms with Gasteiger partial charge in [0.15, 0.2) is 0 Å². The number of carbonyl (C=O) groups is 2. The second-order valence-electron chi connectivity index (χ2n) is 4.39. The van der Waals surface area contributed by atoms with Gasteiger partial charge in [0.05, 0.1) is 5.52 Å². The lowest BCUT2D eigenvalue weighted by atomic mass is 10.1. The molecule has 1 aromatic heterocycles. The topological polar surface area (TPSA) is 85.1 Å². The lowest BCUT2D eigenvalue weighted by Crippen LogP contribution is -2.41. The summed E-state index contributed by atoms with van der Waals surface area (Å²) in [7, 11) is 0. The molecular weight excluding hydrogens is 254 g/mol. The van der Waals surface area contributed by atoms with Gasteiger partial charge in [-0.15, -0.1) is 0 Å². The Morgan fingerprint density at radius 1 is 1.30 bits per heavy atom. The molecule has 0 spiro atoms. The molecule has 20 heavy (non-hydrogen) atoms. The predicted octanol–water partition coefficient (Wildman–Crippen LogP) is 1.24. The molecule has 0 aliphatic carbocycles. The van der Waals surface area contributed by atoms with Crippen molar-refractivity contribution in [1.82, 2.24) is 10.3 Å². The Kier molecular flexibility index (Phi) is 4.10. The molecule has 0 fully saturated rings. The summed E-state index contributed by atoms with van der Waals surface area (Å²) in [6, 6.07) is 8.84. The third kappa shape index (κ3) is 3.20. The van der Waals surface area contributed by atoms with Gasteiger partial charge in [-0.3, -0.25) is 14.6 Å². The van der Waals surface area contributed by atoms with Gasteiger partial charge < -0.3 is 11.1 Å². The van der Waals surface area contributed by atoms with Crippen LogP contribution in [0.2, 0.25) is 0 Å². The average Bonchev–Trinajstić information content (AvgIpc) is 2.44. The molecule has 2 amide bonds. The van der Waals surface area contributed by atoms with E-state index >= 15 is 0 Å². The number of nitrogens with zero attached hydrogens (tertiary/aromatic N) is 1. The van der Waals surface area contributed by atoms with Gasteiger partial charge in [-0.05, 0) is 19.1 Å². The van der Waals surface area contributed by atoms with E-state index in [4.69, 9.17) is 5.73 Å². The van der Waals surface area contributed by atoms with Gasteiger partial charge in [0.1, 0.15) is 6.04 Å². The minimum absolute atomic E-state index is 0.371. The van der Waals surface area contributed by atoms with Crippen LogP contribution in [0.4, 0.5) is 0 Å². The van der Waals surface area contributed by atoms with E-state index in [-0.39, 0.29) is 5.91 Å². The molecule has 1 unspecified atom stereocenters. The summed E-state index contributed by atoms with van der Waals surface area (Å²) in [5.74, 6) is -0.942. The summed E-state index contributed by atoms with van der Waals surface area (Å²) < 4.78 is 0. The Morgan fingerprint density at radius 2 is 2.05 bits per heavy atom. The van der Waals surface area contributed by atoms with Crippen LogP contribution >= 0.6 is 0 Å². The van der Waals surface area contributed by atoms with Crippen LogP contribution in [0.5, 0.6) is 0 Å². The molecule has 102 valence electrons. The van der Waals surface area contributed by atoms with E-state index < -0.39 is 11.9 Å². The predicted molar refractivity (Wildman–Crippen MR) is 77.6 cm³/mol. The summed E-state index contributed by atoms with van der Waals surface area (Å²) in [4.78, 5) is 26.8. The molecule has 3 N–H and O–H groups in total. The molecule has 0 aliphatic rings. The highest BCUT2D eigenvalue weighted by molar-refractivity contribution is 5.97. The maximum atomic E-state index is 11.6. The quantitative estimate of drug-likeness (QED) is 0.819. The minimum atomic E-state index is -0.696. The van der Waals surface area contributed by atoms with E-state index in [1.807, 2.05) is 30.3 Å². The third-order valence-corrected chi connectivity index (χ3v) is 2.86. The number of nitrogens with one attached hydrogen (secondary N) is 1. The van der Waals surface area contributed by atoms with Gasteiger partial charge in [-0.1, -0.05) is 24.3 Å². The molecule has 5 heteroatoms. The van der Waals surface area contributed by atoms with Crippen molar-refractivity contribution in [3.05, 3.63) is 48.2 Å². The minimum Gasteiger partial charge on any atom is -0.368 e. The number of benzene rings is 1. The number of aromatic nitrogens is 1. The molecule has 2 aromatic rings. The van der Waals surface area contributed by atoms with Gasteiger partial charge in [-0.2, -0.15) is 0 Å². The SMILES string of the molecule is CC(NC(=O)/C=C/c1cccc2cccnc12)C(N)=O. The molecule has 5 nitrogen and oxygen atoms in total. The Morgan fingerprint density at radius 3 is 2.80 bits per heavy atom. The smallest absolute Gasteiger partial charge is 0.244 e. The Balaban J connectivity index is 2.18. The number of hydrogen-bond acceptors (Lipinski definition) is 3. The van der Waals surface area contributed by atoms with E-state index in [2.05, 4.69) is 10.3 Å². The van der Waals surface area contributed by atoms with Crippen LogP contribution in [-0.2, 0) is 9.59 Å². The fraction of sp³-hybridized carbons (Fsp3) is 0.133. The van der Waals surface area contributed by atoms with Crippen molar-refractivity contribution in [3.8, 4) is 0 Å². The van der Waals surface area contributed by atoms with E-state index in [0.29, 0.717) is 0 Å². The van der Waals surface area contributed by atoms with Gasteiger partial charge in [0, 0.05) is 23.2 Å². The second-order valence-corrected chi connectivity index (χ2v) is 4.39. The van der Waals surface area contributed by atoms with Crippen molar-refractivity contribution in [2.45, 2.75) is 13.0 Å². The number of para-hydroxylation sites is 1. The molecule has 1 atom stereocenters. The number of amides is 2. The number of primary amides is 1. The fourth-order valence-corrected chi connectivity index (χ4v) is 1.76. The van der Waals surface area contributed by atoms with Crippen molar-refractivity contribution in [2.24, 2.45) is 5.73 Å². The first kappa shape index (κ1) is 13.7. The average molecular weight is 269 g/mol. The first-order valence-electron chi connectivity index (χ1n) is 6.19. The normalized spacial score (nSPS) is 12.4. The number of carbonyl (C=O) groups excluding carboxylic acids is 2. The number of fused-ring (bicyclic) bond motifs is 1. The zero-order valence-corrected chi connectivity index (χ0v) is 11.0. The molecular formula is C15H15N3O2. The first-order chi connectivity index (χ1) is 9.58. The van der Waals surface area contributed by atoms with Crippen molar-refractivity contribution in [1.29, 1.82) is 0 Å². The highest BCUT2D eigenvalue weighted by atomic mass is 16.2. The standard InChI is InChI=1S/C15H15N3O2/c1-10(15(16)20)18-13(19)8-7-12-5-2-4-11-6-3-9-17-14(11)12/h2-10H,1H3,(H2,16,20)(H,18,19)/b8-7+. The lowest BCUT2D eigenvalue weighted by Gasteiger charge is -2.07. The monoisotopic (exact) mass is 269 g/mol. The number of hydrogen-bond donors (Lipinski definition) is 2. The summed E-state index contributed by atoms with van der Waals surface area (Å²) >= 11 is 0. The van der Waals surface area contributed by atoms with E-state index in [1.165, 1.54) is 13.0 Å². The van der Waals surface area contributed by atoms with Gasteiger partial charge in [0.2, 0.25) is 11.8 Å². The van der Waals surface area contributed by atoms with E-state index in [1.54, 1.807) is 12.3 Å². The molecule has 2 rings (SSSR count). The van der Waals surface area contributed by atoms with Crippen LogP contribution in [0, 0.1) is 0 Å². The summed E-state index contributed by atoms with van der Waals surface area (Å²) in [5.41, 5.74) is 6.74. The molecule has 0 saturated heterocycles. The highest BCUT2D eigenvalue weighted by Gasteiger charge is 2.09. The Bertz CT molecular complexity index is 674. The molecule has 0 saturated carbocycles. The van der Waals surface area contributed by atoms with E-state index in [9.17, 15) is 9.59 Å². The largest absolute Gasteiger partial charge is 0.368 e. The van der Waals surface area contributed by atoms with Crippen LogP contribution in [0.3, 0.4) is 0 Å². The van der Waals surface area contributed by atoms with Gasteiger partial charge >= 0.3 is 0 Å². The highest BCUT2D eigenvalue weighted by Crippen LogP contribution is 2.16. The molecule has 1 heterocycles. The van der Waals surface area contributed by atoms with Crippen LogP contribution < -0.4 is 11.1 Å². The molecule has 0 aliphatic heterocycles. The van der Waals surface area contributed by atoms with Crippen LogP contribution in [0.1, 0.15) is 12.5 Å². The van der Waals surface area contributed by atoms with Gasteiger partial charge in [0.25, 0.3) is 0 Å². The van der Waals surface area contributed by atoms with Crippen LogP contribution in [0.25, 0.3) is 17.0 Å². The fourth-order valence-electron chi connectivity index (χ4n) is 1.76. The molecule has 0 bridgehead atoms. The summed E-state index contributed by atoms with van der Waals surface area (Å²) in [5, 5.41) is 3.48. The maximum Gasteiger partial charge on any atom is 0.244 e. The Hall–Kier alpha value is -2.69. The van der Waals surface area contributed by atoms with Crippen LogP contribution in [0.15, 0.2) is 42.6 Å². The lowest BCUT2D eigenvalue weighted by molar-refractivity contribution is -0.124. The second kappa shape index (κ2) is 5.97. The first-order valence-corrected chi connectivity index (χ1v) is 6.19. The number of pyridine rings is 1. The summed E-state index contributed by atoms with van der Waals surface area (Å²) in [6.07, 6.45) is 4.73. The van der Waals surface area contributed by atoms with Crippen LogP contribution in [-0.4, -0.2) is 22.8 Å². The third-order valence-electron chi connectivity index (χ3n) is 2.86. The van der Waals surface area contributed by atoms with Crippen molar-refractivity contribution in [3.63, 3.8) is 0 Å².